The third kappa shape index (κ3) is 4.60. The number of benzene rings is 2. The fraction of sp³-hybridized carbons (Fsp3) is 0.182. The first-order chi connectivity index (χ1) is 14.5. The number of aryl methyl sites for hydroxylation is 2. The molecule has 2 heterocycles. The standard InChI is InChI=1S/C22H21N5OS2/c1-14-4-8-17(9-5-14)20-25-26-22(27(20)19-10-6-15(2)7-11-19)30-13-18-12-29-21(24-18)23-16(3)28/h4-12H,13H2,1-3H3,(H,23,24,28). The number of nitrogens with one attached hydrogen (secondary N) is 1. The zero-order valence-corrected chi connectivity index (χ0v) is 18.5. The number of carbonyl (C=O) groups excluding carboxylic acids is 1. The van der Waals surface area contributed by atoms with Crippen LogP contribution in [0.3, 0.4) is 0 Å². The topological polar surface area (TPSA) is 72.7 Å². The zero-order valence-electron chi connectivity index (χ0n) is 16.9. The Hall–Kier alpha value is -2.97. The molecule has 0 saturated heterocycles. The van der Waals surface area contributed by atoms with Crippen LogP contribution in [0.1, 0.15) is 23.7 Å². The summed E-state index contributed by atoms with van der Waals surface area (Å²) in [5.41, 5.74) is 5.33. The van der Waals surface area contributed by atoms with Gasteiger partial charge in [-0.3, -0.25) is 9.36 Å². The second kappa shape index (κ2) is 8.81. The van der Waals surface area contributed by atoms with Crippen molar-refractivity contribution in [2.75, 3.05) is 5.32 Å². The van der Waals surface area contributed by atoms with Crippen LogP contribution in [0.5, 0.6) is 0 Å². The molecule has 0 unspecified atom stereocenters. The normalized spacial score (nSPS) is 10.9. The summed E-state index contributed by atoms with van der Waals surface area (Å²) in [7, 11) is 0. The molecule has 0 aliphatic carbocycles. The minimum absolute atomic E-state index is 0.120. The molecule has 4 rings (SSSR count). The monoisotopic (exact) mass is 435 g/mol. The molecule has 152 valence electrons. The van der Waals surface area contributed by atoms with Crippen LogP contribution in [-0.4, -0.2) is 25.7 Å². The molecule has 0 spiro atoms. The number of amides is 1. The van der Waals surface area contributed by atoms with Gasteiger partial charge >= 0.3 is 0 Å². The van der Waals surface area contributed by atoms with Gasteiger partial charge in [0, 0.05) is 29.3 Å². The first-order valence-corrected chi connectivity index (χ1v) is 11.3. The number of thioether (sulfide) groups is 1. The highest BCUT2D eigenvalue weighted by Crippen LogP contribution is 2.30. The van der Waals surface area contributed by atoms with Crippen LogP contribution in [0, 0.1) is 13.8 Å². The van der Waals surface area contributed by atoms with E-state index < -0.39 is 0 Å². The molecular weight excluding hydrogens is 414 g/mol. The predicted octanol–water partition coefficient (Wildman–Crippen LogP) is 5.26. The Balaban J connectivity index is 1.65. The van der Waals surface area contributed by atoms with Gasteiger partial charge in [-0.2, -0.15) is 0 Å². The molecule has 8 heteroatoms. The Bertz CT molecular complexity index is 1160. The second-order valence-electron chi connectivity index (χ2n) is 6.96. The van der Waals surface area contributed by atoms with E-state index in [9.17, 15) is 4.79 Å². The fourth-order valence-corrected chi connectivity index (χ4v) is 4.61. The highest BCUT2D eigenvalue weighted by molar-refractivity contribution is 7.98. The first-order valence-electron chi connectivity index (χ1n) is 9.44. The van der Waals surface area contributed by atoms with Crippen molar-refractivity contribution in [3.63, 3.8) is 0 Å². The van der Waals surface area contributed by atoms with Gasteiger partial charge in [0.25, 0.3) is 0 Å². The summed E-state index contributed by atoms with van der Waals surface area (Å²) in [5, 5.41) is 15.0. The summed E-state index contributed by atoms with van der Waals surface area (Å²) in [6.07, 6.45) is 0. The van der Waals surface area contributed by atoms with E-state index in [-0.39, 0.29) is 5.91 Å². The van der Waals surface area contributed by atoms with Crippen LogP contribution in [0.4, 0.5) is 5.13 Å². The molecule has 0 aliphatic heterocycles. The lowest BCUT2D eigenvalue weighted by atomic mass is 10.1. The lowest BCUT2D eigenvalue weighted by Crippen LogP contribution is -2.05. The molecule has 30 heavy (non-hydrogen) atoms. The van der Waals surface area contributed by atoms with Gasteiger partial charge in [-0.15, -0.1) is 21.5 Å². The molecule has 0 fully saturated rings. The molecular formula is C22H21N5OS2. The van der Waals surface area contributed by atoms with Gasteiger partial charge in [0.2, 0.25) is 5.91 Å². The molecule has 0 radical (unpaired) electrons. The highest BCUT2D eigenvalue weighted by atomic mass is 32.2. The van der Waals surface area contributed by atoms with Crippen molar-refractivity contribution in [3.8, 4) is 17.1 Å². The van der Waals surface area contributed by atoms with E-state index in [0.29, 0.717) is 10.9 Å². The third-order valence-electron chi connectivity index (χ3n) is 4.42. The third-order valence-corrected chi connectivity index (χ3v) is 6.19. The maximum absolute atomic E-state index is 11.2. The summed E-state index contributed by atoms with van der Waals surface area (Å²) in [5.74, 6) is 1.32. The van der Waals surface area contributed by atoms with E-state index >= 15 is 0 Å². The van der Waals surface area contributed by atoms with E-state index in [2.05, 4.69) is 87.4 Å². The Kier molecular flexibility index (Phi) is 5.96. The Morgan fingerprint density at radius 1 is 1.03 bits per heavy atom. The maximum Gasteiger partial charge on any atom is 0.223 e. The highest BCUT2D eigenvalue weighted by Gasteiger charge is 2.17. The number of carbonyl (C=O) groups is 1. The van der Waals surface area contributed by atoms with Crippen molar-refractivity contribution in [1.82, 2.24) is 19.7 Å². The lowest BCUT2D eigenvalue weighted by Gasteiger charge is -2.10. The van der Waals surface area contributed by atoms with Crippen molar-refractivity contribution in [2.24, 2.45) is 0 Å². The molecule has 1 N–H and O–H groups in total. The van der Waals surface area contributed by atoms with Crippen LogP contribution in [0.25, 0.3) is 17.1 Å². The van der Waals surface area contributed by atoms with Crippen molar-refractivity contribution in [1.29, 1.82) is 0 Å². The Morgan fingerprint density at radius 3 is 2.37 bits per heavy atom. The average molecular weight is 436 g/mol. The van der Waals surface area contributed by atoms with Gasteiger partial charge < -0.3 is 5.32 Å². The van der Waals surface area contributed by atoms with Crippen LogP contribution >= 0.6 is 23.1 Å². The number of thiazole rings is 1. The number of aromatic nitrogens is 4. The molecule has 2 aromatic carbocycles. The van der Waals surface area contributed by atoms with Gasteiger partial charge in [0.15, 0.2) is 16.1 Å². The summed E-state index contributed by atoms with van der Waals surface area (Å²) >= 11 is 2.99. The summed E-state index contributed by atoms with van der Waals surface area (Å²) in [6.45, 7) is 5.62. The lowest BCUT2D eigenvalue weighted by molar-refractivity contribution is -0.114. The van der Waals surface area contributed by atoms with Crippen molar-refractivity contribution in [3.05, 3.63) is 70.7 Å². The summed E-state index contributed by atoms with van der Waals surface area (Å²) in [4.78, 5) is 15.7. The number of anilines is 1. The predicted molar refractivity (Wildman–Crippen MR) is 122 cm³/mol. The van der Waals surface area contributed by atoms with Gasteiger partial charge in [-0.25, -0.2) is 4.98 Å². The summed E-state index contributed by atoms with van der Waals surface area (Å²) < 4.78 is 2.08. The summed E-state index contributed by atoms with van der Waals surface area (Å²) in [6, 6.07) is 16.6. The molecule has 0 bridgehead atoms. The first kappa shape index (κ1) is 20.3. The molecule has 1 amide bonds. The Morgan fingerprint density at radius 2 is 1.70 bits per heavy atom. The average Bonchev–Trinajstić information content (AvgIpc) is 3.34. The van der Waals surface area contributed by atoms with Gasteiger partial charge in [-0.1, -0.05) is 59.3 Å². The molecule has 2 aromatic heterocycles. The van der Waals surface area contributed by atoms with Crippen LogP contribution in [-0.2, 0) is 10.5 Å². The van der Waals surface area contributed by atoms with E-state index in [4.69, 9.17) is 0 Å². The van der Waals surface area contributed by atoms with Crippen LogP contribution in [0.15, 0.2) is 59.1 Å². The van der Waals surface area contributed by atoms with Crippen molar-refractivity contribution >= 4 is 34.1 Å². The van der Waals surface area contributed by atoms with E-state index in [1.165, 1.54) is 29.4 Å². The number of nitrogens with zero attached hydrogens (tertiary/aromatic N) is 4. The fourth-order valence-electron chi connectivity index (χ4n) is 2.90. The van der Waals surface area contributed by atoms with Crippen LogP contribution < -0.4 is 5.32 Å². The number of hydrogen-bond donors (Lipinski definition) is 1. The molecule has 0 aliphatic rings. The molecule has 0 saturated carbocycles. The smallest absolute Gasteiger partial charge is 0.223 e. The van der Waals surface area contributed by atoms with Gasteiger partial charge in [-0.05, 0) is 26.0 Å². The van der Waals surface area contributed by atoms with Crippen molar-refractivity contribution in [2.45, 2.75) is 31.7 Å². The Labute approximate surface area is 183 Å². The maximum atomic E-state index is 11.2. The minimum atomic E-state index is -0.120. The van der Waals surface area contributed by atoms with E-state index in [1.54, 1.807) is 11.8 Å². The van der Waals surface area contributed by atoms with E-state index in [0.717, 1.165) is 27.9 Å². The molecule has 4 aromatic rings. The quantitative estimate of drug-likeness (QED) is 0.418. The SMILES string of the molecule is CC(=O)Nc1nc(CSc2nnc(-c3ccc(C)cc3)n2-c2ccc(C)cc2)cs1. The number of hydrogen-bond acceptors (Lipinski definition) is 6. The minimum Gasteiger partial charge on any atom is -0.302 e. The second-order valence-corrected chi connectivity index (χ2v) is 8.76. The van der Waals surface area contributed by atoms with Gasteiger partial charge in [0.1, 0.15) is 0 Å². The van der Waals surface area contributed by atoms with E-state index in [1.807, 2.05) is 5.38 Å². The van der Waals surface area contributed by atoms with Crippen molar-refractivity contribution < 1.29 is 4.79 Å². The van der Waals surface area contributed by atoms with Crippen LogP contribution in [0.2, 0.25) is 0 Å². The molecule has 6 nitrogen and oxygen atoms in total. The molecule has 0 atom stereocenters. The van der Waals surface area contributed by atoms with Gasteiger partial charge in [0.05, 0.1) is 5.69 Å². The largest absolute Gasteiger partial charge is 0.302 e. The zero-order chi connectivity index (χ0) is 21.1. The number of rotatable bonds is 6.